The van der Waals surface area contributed by atoms with Gasteiger partial charge in [0.2, 0.25) is 0 Å². The van der Waals surface area contributed by atoms with Crippen LogP contribution in [0.2, 0.25) is 0 Å². The van der Waals surface area contributed by atoms with E-state index in [1.54, 1.807) is 0 Å². The molecule has 1 aliphatic rings. The SMILES string of the molecule is CC1C=CC=CC1(C)O.[Ca]. The molecule has 0 bridgehead atoms. The van der Waals surface area contributed by atoms with E-state index in [0.29, 0.717) is 0 Å². The van der Waals surface area contributed by atoms with E-state index in [9.17, 15) is 5.11 Å². The fourth-order valence-corrected chi connectivity index (χ4v) is 0.828. The molecule has 0 heterocycles. The first-order valence-corrected chi connectivity index (χ1v) is 3.21. The molecule has 1 aliphatic carbocycles. The minimum absolute atomic E-state index is 0. The average molecular weight is 164 g/mol. The molecule has 0 spiro atoms. The van der Waals surface area contributed by atoms with E-state index >= 15 is 0 Å². The van der Waals surface area contributed by atoms with Crippen LogP contribution in [-0.2, 0) is 0 Å². The maximum Gasteiger partial charge on any atom is 0.0862 e. The van der Waals surface area contributed by atoms with Crippen LogP contribution >= 0.6 is 0 Å². The van der Waals surface area contributed by atoms with Crippen molar-refractivity contribution in [1.82, 2.24) is 0 Å². The van der Waals surface area contributed by atoms with Crippen molar-refractivity contribution in [2.75, 3.05) is 0 Å². The summed E-state index contributed by atoms with van der Waals surface area (Å²) >= 11 is 0. The molecule has 52 valence electrons. The molecule has 2 unspecified atom stereocenters. The van der Waals surface area contributed by atoms with Gasteiger partial charge in [0, 0.05) is 43.7 Å². The topological polar surface area (TPSA) is 20.2 Å². The van der Waals surface area contributed by atoms with Crippen LogP contribution in [0.3, 0.4) is 0 Å². The van der Waals surface area contributed by atoms with Gasteiger partial charge in [-0.1, -0.05) is 31.2 Å². The number of rotatable bonds is 0. The van der Waals surface area contributed by atoms with Crippen molar-refractivity contribution in [2.45, 2.75) is 19.4 Å². The van der Waals surface area contributed by atoms with Gasteiger partial charge in [-0.3, -0.25) is 0 Å². The van der Waals surface area contributed by atoms with Crippen molar-refractivity contribution in [2.24, 2.45) is 5.92 Å². The van der Waals surface area contributed by atoms with Crippen molar-refractivity contribution in [3.63, 3.8) is 0 Å². The first kappa shape index (κ1) is 10.7. The number of allylic oxidation sites excluding steroid dienone is 2. The molecule has 0 amide bonds. The molecule has 0 saturated heterocycles. The molecule has 2 atom stereocenters. The largest absolute Gasteiger partial charge is 0.385 e. The number of hydrogen-bond acceptors (Lipinski definition) is 1. The number of hydrogen-bond donors (Lipinski definition) is 1. The fraction of sp³-hybridized carbons (Fsp3) is 0.500. The molecular weight excluding hydrogens is 152 g/mol. The molecule has 0 aromatic heterocycles. The normalized spacial score (nSPS) is 37.3. The fourth-order valence-electron chi connectivity index (χ4n) is 0.828. The van der Waals surface area contributed by atoms with E-state index in [-0.39, 0.29) is 43.7 Å². The Morgan fingerprint density at radius 1 is 1.40 bits per heavy atom. The summed E-state index contributed by atoms with van der Waals surface area (Å²) in [5, 5.41) is 9.50. The minimum Gasteiger partial charge on any atom is -0.385 e. The van der Waals surface area contributed by atoms with Gasteiger partial charge in [-0.2, -0.15) is 0 Å². The van der Waals surface area contributed by atoms with Crippen molar-refractivity contribution in [3.05, 3.63) is 24.3 Å². The second-order valence-corrected chi connectivity index (χ2v) is 2.76. The summed E-state index contributed by atoms with van der Waals surface area (Å²) in [4.78, 5) is 0. The third-order valence-electron chi connectivity index (χ3n) is 1.87. The predicted molar refractivity (Wildman–Crippen MR) is 43.8 cm³/mol. The Bertz CT molecular complexity index is 159. The first-order valence-electron chi connectivity index (χ1n) is 3.21. The van der Waals surface area contributed by atoms with Gasteiger partial charge in [0.05, 0.1) is 5.60 Å². The zero-order valence-corrected chi connectivity index (χ0v) is 8.75. The van der Waals surface area contributed by atoms with E-state index in [1.165, 1.54) is 0 Å². The van der Waals surface area contributed by atoms with Crippen molar-refractivity contribution >= 4 is 37.7 Å². The van der Waals surface area contributed by atoms with Crippen molar-refractivity contribution in [1.29, 1.82) is 0 Å². The minimum atomic E-state index is -0.630. The Hall–Kier alpha value is 0.700. The zero-order chi connectivity index (χ0) is 6.91. The Labute approximate surface area is 91.8 Å². The maximum atomic E-state index is 9.50. The van der Waals surface area contributed by atoms with E-state index in [1.807, 2.05) is 38.2 Å². The summed E-state index contributed by atoms with van der Waals surface area (Å²) in [7, 11) is 0. The van der Waals surface area contributed by atoms with Crippen LogP contribution in [0.4, 0.5) is 0 Å². The van der Waals surface area contributed by atoms with Crippen LogP contribution in [0.25, 0.3) is 0 Å². The predicted octanol–water partition coefficient (Wildman–Crippen LogP) is 1.12. The van der Waals surface area contributed by atoms with Crippen LogP contribution in [0, 0.1) is 5.92 Å². The Kier molecular flexibility index (Phi) is 4.19. The molecule has 0 fully saturated rings. The van der Waals surface area contributed by atoms with Gasteiger partial charge in [0.25, 0.3) is 0 Å². The standard InChI is InChI=1S/C8H12O.Ca/c1-7-5-3-4-6-8(7,2)9;/h3-7,9H,1-2H3;. The Balaban J connectivity index is 0.000000810. The van der Waals surface area contributed by atoms with Crippen molar-refractivity contribution < 1.29 is 5.11 Å². The average Bonchev–Trinajstić information content (AvgIpc) is 1.77. The molecule has 0 aliphatic heterocycles. The van der Waals surface area contributed by atoms with E-state index in [2.05, 4.69) is 0 Å². The van der Waals surface area contributed by atoms with Crippen LogP contribution in [-0.4, -0.2) is 48.4 Å². The quantitative estimate of drug-likeness (QED) is 0.532. The molecule has 0 saturated carbocycles. The maximum absolute atomic E-state index is 9.50. The Morgan fingerprint density at radius 2 is 2.00 bits per heavy atom. The van der Waals surface area contributed by atoms with Gasteiger partial charge >= 0.3 is 0 Å². The smallest absolute Gasteiger partial charge is 0.0862 e. The van der Waals surface area contributed by atoms with E-state index in [0.717, 1.165) is 0 Å². The third kappa shape index (κ3) is 2.39. The molecule has 2 heteroatoms. The van der Waals surface area contributed by atoms with Crippen LogP contribution in [0.1, 0.15) is 13.8 Å². The van der Waals surface area contributed by atoms with Crippen molar-refractivity contribution in [3.8, 4) is 0 Å². The summed E-state index contributed by atoms with van der Waals surface area (Å²) in [6, 6.07) is 0. The first-order chi connectivity index (χ1) is 4.13. The molecule has 10 heavy (non-hydrogen) atoms. The van der Waals surface area contributed by atoms with E-state index in [4.69, 9.17) is 0 Å². The van der Waals surface area contributed by atoms with Gasteiger partial charge in [-0.15, -0.1) is 0 Å². The molecule has 1 N–H and O–H groups in total. The second-order valence-electron chi connectivity index (χ2n) is 2.76. The molecular formula is C8H12CaO. The van der Waals surface area contributed by atoms with Gasteiger partial charge in [0.15, 0.2) is 0 Å². The van der Waals surface area contributed by atoms with Gasteiger partial charge in [-0.05, 0) is 6.92 Å². The molecule has 0 aromatic carbocycles. The van der Waals surface area contributed by atoms with Crippen LogP contribution in [0.5, 0.6) is 0 Å². The Morgan fingerprint density at radius 3 is 2.30 bits per heavy atom. The summed E-state index contributed by atoms with van der Waals surface area (Å²) in [5.41, 5.74) is -0.630. The molecule has 2 radical (unpaired) electrons. The van der Waals surface area contributed by atoms with Gasteiger partial charge < -0.3 is 5.11 Å². The second kappa shape index (κ2) is 3.91. The summed E-state index contributed by atoms with van der Waals surface area (Å²) in [6.07, 6.45) is 7.65. The third-order valence-corrected chi connectivity index (χ3v) is 1.87. The van der Waals surface area contributed by atoms with Gasteiger partial charge in [0.1, 0.15) is 0 Å². The van der Waals surface area contributed by atoms with Gasteiger partial charge in [-0.25, -0.2) is 0 Å². The monoisotopic (exact) mass is 164 g/mol. The van der Waals surface area contributed by atoms with Crippen LogP contribution < -0.4 is 0 Å². The molecule has 0 aromatic rings. The van der Waals surface area contributed by atoms with Crippen LogP contribution in [0.15, 0.2) is 24.3 Å². The van der Waals surface area contributed by atoms with E-state index < -0.39 is 5.60 Å². The number of aliphatic hydroxyl groups is 1. The zero-order valence-electron chi connectivity index (χ0n) is 6.54. The molecule has 1 rings (SSSR count). The summed E-state index contributed by atoms with van der Waals surface area (Å²) < 4.78 is 0. The summed E-state index contributed by atoms with van der Waals surface area (Å²) in [5.74, 6) is 0.238. The summed E-state index contributed by atoms with van der Waals surface area (Å²) in [6.45, 7) is 3.82. The molecule has 1 nitrogen and oxygen atoms in total.